The van der Waals surface area contributed by atoms with Gasteiger partial charge < -0.3 is 10.8 Å². The summed E-state index contributed by atoms with van der Waals surface area (Å²) < 4.78 is 0. The molecule has 0 aliphatic rings. The molecule has 0 saturated heterocycles. The van der Waals surface area contributed by atoms with Crippen molar-refractivity contribution in [1.29, 1.82) is 0 Å². The van der Waals surface area contributed by atoms with Crippen molar-refractivity contribution >= 4 is 5.91 Å². The minimum Gasteiger partial charge on any atom is -0.493 e. The molecule has 77 valence electrons. The van der Waals surface area contributed by atoms with Gasteiger partial charge in [0.25, 0.3) is 0 Å². The molecule has 0 atom stereocenters. The van der Waals surface area contributed by atoms with Crippen LogP contribution in [0.5, 0.6) is 0 Å². The molecular weight excluding hydrogens is 239 g/mol. The molecule has 0 N–H and O–H groups in total. The molecule has 0 rings (SSSR count). The number of carbonyl (C=O) groups is 1. The summed E-state index contributed by atoms with van der Waals surface area (Å²) in [5.41, 5.74) is 0. The van der Waals surface area contributed by atoms with Gasteiger partial charge in [-0.25, -0.2) is 6.04 Å². The van der Waals surface area contributed by atoms with Crippen LogP contribution in [0.25, 0.3) is 0 Å². The standard InChI is InChI=1S/C6H12NO.C4H9.Y/c1-5(2)7(4)6(3)8;1-4(2)3;/h1-4H3;1-3H3;/q2*-1;. The quantitative estimate of drug-likeness (QED) is 0.664. The molecule has 0 aromatic heterocycles. The molecule has 0 bridgehead atoms. The van der Waals surface area contributed by atoms with Crippen molar-refractivity contribution in [2.75, 3.05) is 7.05 Å². The summed E-state index contributed by atoms with van der Waals surface area (Å²) in [4.78, 5) is 12.1. The predicted molar refractivity (Wildman–Crippen MR) is 53.3 cm³/mol. The van der Waals surface area contributed by atoms with Gasteiger partial charge in [0.15, 0.2) is 5.91 Å². The molecule has 0 aromatic rings. The second kappa shape index (κ2) is 10.7. The number of amides is 1. The smallest absolute Gasteiger partial charge is 0.190 e. The van der Waals surface area contributed by atoms with Gasteiger partial charge in [0.05, 0.1) is 0 Å². The van der Waals surface area contributed by atoms with Gasteiger partial charge in [0, 0.05) is 39.6 Å². The van der Waals surface area contributed by atoms with Crippen LogP contribution < -0.4 is 0 Å². The molecule has 0 aromatic carbocycles. The topological polar surface area (TPSA) is 20.3 Å². The molecular formula is C10H21NOY-2. The van der Waals surface area contributed by atoms with E-state index >= 15 is 0 Å². The summed E-state index contributed by atoms with van der Waals surface area (Å²) in [6, 6.07) is 1.03. The molecule has 0 aliphatic heterocycles. The second-order valence-corrected chi connectivity index (χ2v) is 3.53. The van der Waals surface area contributed by atoms with Crippen molar-refractivity contribution in [1.82, 2.24) is 4.90 Å². The largest absolute Gasteiger partial charge is 0.493 e. The third-order valence-electron chi connectivity index (χ3n) is 1.14. The molecule has 0 saturated carbocycles. The number of rotatable bonds is 1. The Bertz CT molecular complexity index is 121. The fraction of sp³-hybridized carbons (Fsp3) is 0.700. The first-order valence-electron chi connectivity index (χ1n) is 4.10. The Labute approximate surface area is 108 Å². The molecule has 0 spiro atoms. The van der Waals surface area contributed by atoms with E-state index in [9.17, 15) is 4.79 Å². The Morgan fingerprint density at radius 3 is 1.31 bits per heavy atom. The van der Waals surface area contributed by atoms with Gasteiger partial charge in [-0.2, -0.15) is 34.6 Å². The Balaban J connectivity index is -0.000000173. The molecule has 0 fully saturated rings. The van der Waals surface area contributed by atoms with Crippen LogP contribution in [0.15, 0.2) is 0 Å². The van der Waals surface area contributed by atoms with Crippen LogP contribution in [0.4, 0.5) is 0 Å². The van der Waals surface area contributed by atoms with Gasteiger partial charge in [0.1, 0.15) is 0 Å². The average molecular weight is 260 g/mol. The van der Waals surface area contributed by atoms with Gasteiger partial charge in [-0.05, 0) is 7.05 Å². The van der Waals surface area contributed by atoms with E-state index in [1.54, 1.807) is 18.9 Å². The number of carbonyl (C=O) groups excluding carboxylic acids is 1. The fourth-order valence-electron chi connectivity index (χ4n) is 0.315. The maximum Gasteiger partial charge on any atom is 0.190 e. The maximum absolute atomic E-state index is 10.5. The maximum atomic E-state index is 10.5. The summed E-state index contributed by atoms with van der Waals surface area (Å²) in [5, 5.41) is 0. The van der Waals surface area contributed by atoms with Gasteiger partial charge in [-0.15, -0.1) is 0 Å². The Hall–Kier alpha value is 0.574. The van der Waals surface area contributed by atoms with Crippen LogP contribution >= 0.6 is 0 Å². The van der Waals surface area contributed by atoms with Crippen molar-refractivity contribution < 1.29 is 37.5 Å². The van der Waals surface area contributed by atoms with Gasteiger partial charge in [-0.3, -0.25) is 4.79 Å². The van der Waals surface area contributed by atoms with Crippen molar-refractivity contribution in [2.24, 2.45) is 0 Å². The number of hydrogen-bond donors (Lipinski definition) is 0. The molecule has 1 amide bonds. The van der Waals surface area contributed by atoms with E-state index in [1.807, 2.05) is 13.8 Å². The Morgan fingerprint density at radius 2 is 1.31 bits per heavy atom. The van der Waals surface area contributed by atoms with E-state index in [0.717, 1.165) is 6.04 Å². The normalized spacial score (nSPS) is 8.69. The van der Waals surface area contributed by atoms with Crippen LogP contribution in [0.1, 0.15) is 41.5 Å². The van der Waals surface area contributed by atoms with E-state index < -0.39 is 0 Å². The first kappa shape index (κ1) is 19.2. The minimum absolute atomic E-state index is 0. The summed E-state index contributed by atoms with van der Waals surface area (Å²) in [5.74, 6) is 1.50. The Kier molecular flexibility index (Phi) is 15.7. The van der Waals surface area contributed by atoms with Crippen molar-refractivity contribution in [3.8, 4) is 0 Å². The van der Waals surface area contributed by atoms with Crippen LogP contribution in [0.3, 0.4) is 0 Å². The zero-order valence-electron chi connectivity index (χ0n) is 9.93. The van der Waals surface area contributed by atoms with E-state index in [1.165, 1.54) is 5.92 Å². The van der Waals surface area contributed by atoms with Gasteiger partial charge in [-0.1, -0.05) is 0 Å². The zero-order valence-corrected chi connectivity index (χ0v) is 12.8. The third kappa shape index (κ3) is 19.1. The molecule has 1 radical (unpaired) electrons. The van der Waals surface area contributed by atoms with E-state index in [0.29, 0.717) is 0 Å². The van der Waals surface area contributed by atoms with Crippen LogP contribution in [0, 0.1) is 12.0 Å². The summed E-state index contributed by atoms with van der Waals surface area (Å²) in [6.45, 7) is 11.6. The average Bonchev–Trinajstić information content (AvgIpc) is 1.84. The minimum atomic E-state index is 0. The molecule has 3 heteroatoms. The van der Waals surface area contributed by atoms with E-state index in [4.69, 9.17) is 0 Å². The zero-order chi connectivity index (χ0) is 10.3. The fourth-order valence-corrected chi connectivity index (χ4v) is 0.315. The van der Waals surface area contributed by atoms with Gasteiger partial charge in [0.2, 0.25) is 0 Å². The summed E-state index contributed by atoms with van der Waals surface area (Å²) in [6.07, 6.45) is 0. The second-order valence-electron chi connectivity index (χ2n) is 3.53. The Morgan fingerprint density at radius 1 is 1.08 bits per heavy atom. The summed E-state index contributed by atoms with van der Waals surface area (Å²) in [7, 11) is 1.76. The molecule has 13 heavy (non-hydrogen) atoms. The predicted octanol–water partition coefficient (Wildman–Crippen LogP) is 2.65. The number of hydrogen-bond acceptors (Lipinski definition) is 1. The third-order valence-corrected chi connectivity index (χ3v) is 1.14. The summed E-state index contributed by atoms with van der Waals surface area (Å²) >= 11 is 0. The van der Waals surface area contributed by atoms with Crippen molar-refractivity contribution in [3.05, 3.63) is 12.0 Å². The van der Waals surface area contributed by atoms with E-state index in [2.05, 4.69) is 20.8 Å². The molecule has 0 unspecified atom stereocenters. The number of nitrogens with zero attached hydrogens (tertiary/aromatic N) is 1. The van der Waals surface area contributed by atoms with Gasteiger partial charge >= 0.3 is 0 Å². The van der Waals surface area contributed by atoms with Crippen molar-refractivity contribution in [2.45, 2.75) is 41.5 Å². The van der Waals surface area contributed by atoms with Crippen molar-refractivity contribution in [3.63, 3.8) is 0 Å². The van der Waals surface area contributed by atoms with Crippen LogP contribution in [0.2, 0.25) is 0 Å². The SMILES string of the molecule is CC(=O)N(C)[C-](C)C.C[C-](C)C.[Y]. The van der Waals surface area contributed by atoms with Crippen LogP contribution in [-0.4, -0.2) is 17.9 Å². The monoisotopic (exact) mass is 260 g/mol. The first-order valence-corrected chi connectivity index (χ1v) is 4.10. The van der Waals surface area contributed by atoms with E-state index in [-0.39, 0.29) is 38.6 Å². The molecule has 0 aliphatic carbocycles. The molecule has 0 heterocycles. The molecule has 2 nitrogen and oxygen atoms in total. The first-order chi connectivity index (χ1) is 5.29. The van der Waals surface area contributed by atoms with Crippen LogP contribution in [-0.2, 0) is 37.5 Å².